The van der Waals surface area contributed by atoms with Crippen LogP contribution in [0.3, 0.4) is 0 Å². The molecular formula is C20H39O10P. The van der Waals surface area contributed by atoms with Crippen molar-refractivity contribution in [3.63, 3.8) is 0 Å². The molecule has 3 N–H and O–H groups in total. The van der Waals surface area contributed by atoms with Gasteiger partial charge in [0.05, 0.1) is 26.4 Å². The number of phosphoric acid groups is 1. The first kappa shape index (κ1) is 30.0. The number of carbonyl (C=O) groups excluding carboxylic acids is 2. The molecule has 0 saturated heterocycles. The van der Waals surface area contributed by atoms with E-state index < -0.39 is 58.4 Å². The van der Waals surface area contributed by atoms with Crippen LogP contribution in [0.1, 0.15) is 78.1 Å². The molecule has 3 unspecified atom stereocenters. The molecule has 184 valence electrons. The predicted octanol–water partition coefficient (Wildman–Crippen LogP) is 2.87. The van der Waals surface area contributed by atoms with Crippen LogP contribution in [0.5, 0.6) is 0 Å². The standard InChI is InChI=1S/C20H39O10P/c1-3-4-5-6-7-8-9-10-11-12-20(24)30-19(14-22)16-28-31(25,26)27-15-18(13-21)29-17(2)23/h18-19,21-22H,3-16H2,1-2H3,(H,25,26). The first-order valence-electron chi connectivity index (χ1n) is 10.9. The lowest BCUT2D eigenvalue weighted by Gasteiger charge is -2.20. The fraction of sp³-hybridized carbons (Fsp3) is 0.900. The van der Waals surface area contributed by atoms with E-state index in [4.69, 9.17) is 14.4 Å². The van der Waals surface area contributed by atoms with Gasteiger partial charge in [0.2, 0.25) is 0 Å². The summed E-state index contributed by atoms with van der Waals surface area (Å²) in [7, 11) is -4.56. The number of hydrogen-bond acceptors (Lipinski definition) is 9. The van der Waals surface area contributed by atoms with E-state index in [1.165, 1.54) is 32.1 Å². The Morgan fingerprint density at radius 1 is 0.806 bits per heavy atom. The number of esters is 2. The van der Waals surface area contributed by atoms with Crippen molar-refractivity contribution in [1.29, 1.82) is 0 Å². The summed E-state index contributed by atoms with van der Waals surface area (Å²) in [5.74, 6) is -1.20. The second kappa shape index (κ2) is 18.5. The molecular weight excluding hydrogens is 431 g/mol. The van der Waals surface area contributed by atoms with Gasteiger partial charge in [-0.2, -0.15) is 0 Å². The number of aliphatic hydroxyl groups excluding tert-OH is 2. The molecule has 0 heterocycles. The Kier molecular flexibility index (Phi) is 17.9. The number of carbonyl (C=O) groups is 2. The molecule has 0 aromatic rings. The van der Waals surface area contributed by atoms with Gasteiger partial charge in [-0.25, -0.2) is 4.57 Å². The van der Waals surface area contributed by atoms with Crippen LogP contribution in [0.15, 0.2) is 0 Å². The average Bonchev–Trinajstić information content (AvgIpc) is 2.72. The van der Waals surface area contributed by atoms with Crippen LogP contribution in [0, 0.1) is 0 Å². The zero-order chi connectivity index (χ0) is 23.5. The first-order chi connectivity index (χ1) is 14.7. The largest absolute Gasteiger partial charge is 0.472 e. The topological polar surface area (TPSA) is 149 Å². The highest BCUT2D eigenvalue weighted by Crippen LogP contribution is 2.43. The average molecular weight is 470 g/mol. The minimum atomic E-state index is -4.56. The summed E-state index contributed by atoms with van der Waals surface area (Å²) in [6.45, 7) is 0.999. The van der Waals surface area contributed by atoms with Gasteiger partial charge in [-0.05, 0) is 6.42 Å². The molecule has 3 atom stereocenters. The summed E-state index contributed by atoms with van der Waals surface area (Å²) in [5.41, 5.74) is 0. The van der Waals surface area contributed by atoms with Crippen molar-refractivity contribution in [2.75, 3.05) is 26.4 Å². The maximum absolute atomic E-state index is 11.9. The van der Waals surface area contributed by atoms with Crippen molar-refractivity contribution in [3.05, 3.63) is 0 Å². The van der Waals surface area contributed by atoms with E-state index in [9.17, 15) is 24.2 Å². The van der Waals surface area contributed by atoms with Crippen molar-refractivity contribution in [1.82, 2.24) is 0 Å². The van der Waals surface area contributed by atoms with Crippen LogP contribution in [0.2, 0.25) is 0 Å². The zero-order valence-electron chi connectivity index (χ0n) is 18.7. The smallest absolute Gasteiger partial charge is 0.458 e. The highest BCUT2D eigenvalue weighted by Gasteiger charge is 2.27. The van der Waals surface area contributed by atoms with E-state index in [0.717, 1.165) is 26.2 Å². The van der Waals surface area contributed by atoms with Crippen LogP contribution < -0.4 is 0 Å². The van der Waals surface area contributed by atoms with Gasteiger partial charge in [-0.3, -0.25) is 18.6 Å². The maximum Gasteiger partial charge on any atom is 0.472 e. The van der Waals surface area contributed by atoms with Crippen LogP contribution in [-0.2, 0) is 32.7 Å². The lowest BCUT2D eigenvalue weighted by Crippen LogP contribution is -2.28. The molecule has 31 heavy (non-hydrogen) atoms. The van der Waals surface area contributed by atoms with Crippen molar-refractivity contribution in [2.24, 2.45) is 0 Å². The van der Waals surface area contributed by atoms with Gasteiger partial charge in [-0.15, -0.1) is 0 Å². The highest BCUT2D eigenvalue weighted by molar-refractivity contribution is 7.47. The molecule has 0 fully saturated rings. The zero-order valence-corrected chi connectivity index (χ0v) is 19.6. The van der Waals surface area contributed by atoms with Gasteiger partial charge in [0.25, 0.3) is 0 Å². The first-order valence-corrected chi connectivity index (χ1v) is 12.4. The summed E-state index contributed by atoms with van der Waals surface area (Å²) < 4.78 is 30.9. The second-order valence-corrected chi connectivity index (χ2v) is 8.80. The lowest BCUT2D eigenvalue weighted by molar-refractivity contribution is -0.153. The number of phosphoric ester groups is 1. The van der Waals surface area contributed by atoms with Gasteiger partial charge in [-0.1, -0.05) is 58.3 Å². The molecule has 0 spiro atoms. The van der Waals surface area contributed by atoms with Crippen molar-refractivity contribution < 1.29 is 47.8 Å². The molecule has 0 rings (SSSR count). The third kappa shape index (κ3) is 18.3. The van der Waals surface area contributed by atoms with E-state index in [-0.39, 0.29) is 6.42 Å². The lowest BCUT2D eigenvalue weighted by atomic mass is 10.1. The van der Waals surface area contributed by atoms with Gasteiger partial charge >= 0.3 is 19.8 Å². The molecule has 10 nitrogen and oxygen atoms in total. The van der Waals surface area contributed by atoms with Crippen LogP contribution in [0.25, 0.3) is 0 Å². The number of unbranched alkanes of at least 4 members (excludes halogenated alkanes) is 8. The van der Waals surface area contributed by atoms with Crippen LogP contribution in [-0.4, -0.2) is 65.7 Å². The summed E-state index contributed by atoms with van der Waals surface area (Å²) in [6, 6.07) is 0. The molecule has 0 aromatic carbocycles. The summed E-state index contributed by atoms with van der Waals surface area (Å²) >= 11 is 0. The fourth-order valence-corrected chi connectivity index (χ4v) is 3.48. The summed E-state index contributed by atoms with van der Waals surface area (Å²) in [4.78, 5) is 32.3. The Hall–Kier alpha value is -1.03. The van der Waals surface area contributed by atoms with Crippen molar-refractivity contribution in [3.8, 4) is 0 Å². The Bertz CT molecular complexity index is 528. The minimum Gasteiger partial charge on any atom is -0.458 e. The third-order valence-electron chi connectivity index (χ3n) is 4.37. The van der Waals surface area contributed by atoms with Gasteiger partial charge < -0.3 is 24.6 Å². The Labute approximate surface area is 184 Å². The van der Waals surface area contributed by atoms with Gasteiger partial charge in [0.1, 0.15) is 12.2 Å². The number of hydrogen-bond donors (Lipinski definition) is 3. The Morgan fingerprint density at radius 2 is 1.26 bits per heavy atom. The van der Waals surface area contributed by atoms with E-state index >= 15 is 0 Å². The van der Waals surface area contributed by atoms with E-state index in [1.54, 1.807) is 0 Å². The minimum absolute atomic E-state index is 0.195. The number of rotatable bonds is 20. The molecule has 0 aliphatic carbocycles. The Morgan fingerprint density at radius 3 is 1.71 bits per heavy atom. The van der Waals surface area contributed by atoms with E-state index in [2.05, 4.69) is 16.2 Å². The molecule has 0 aliphatic heterocycles. The quantitative estimate of drug-likeness (QED) is 0.138. The monoisotopic (exact) mass is 470 g/mol. The third-order valence-corrected chi connectivity index (χ3v) is 5.32. The number of aliphatic hydroxyl groups is 2. The maximum atomic E-state index is 11.9. The summed E-state index contributed by atoms with van der Waals surface area (Å²) in [6.07, 6.45) is 7.97. The Balaban J connectivity index is 4.03. The molecule has 11 heteroatoms. The molecule has 0 saturated carbocycles. The normalized spacial score (nSPS) is 15.1. The fourth-order valence-electron chi connectivity index (χ4n) is 2.70. The van der Waals surface area contributed by atoms with Crippen LogP contribution in [0.4, 0.5) is 0 Å². The molecule has 0 bridgehead atoms. The van der Waals surface area contributed by atoms with E-state index in [0.29, 0.717) is 6.42 Å². The molecule has 0 aliphatic rings. The SMILES string of the molecule is CCCCCCCCCCCC(=O)OC(CO)COP(=O)(O)OCC(CO)OC(C)=O. The van der Waals surface area contributed by atoms with Gasteiger partial charge in [0, 0.05) is 13.3 Å². The van der Waals surface area contributed by atoms with Gasteiger partial charge in [0.15, 0.2) is 0 Å². The second-order valence-electron chi connectivity index (χ2n) is 7.35. The van der Waals surface area contributed by atoms with Crippen LogP contribution >= 0.6 is 7.82 Å². The summed E-state index contributed by atoms with van der Waals surface area (Å²) in [5, 5.41) is 18.3. The molecule has 0 radical (unpaired) electrons. The highest BCUT2D eigenvalue weighted by atomic mass is 31.2. The van der Waals surface area contributed by atoms with E-state index in [1.807, 2.05) is 0 Å². The van der Waals surface area contributed by atoms with Crippen molar-refractivity contribution in [2.45, 2.75) is 90.3 Å². The predicted molar refractivity (Wildman–Crippen MR) is 113 cm³/mol. The molecule has 0 amide bonds. The number of ether oxygens (including phenoxy) is 2. The molecule has 0 aromatic heterocycles. The van der Waals surface area contributed by atoms with Crippen molar-refractivity contribution >= 4 is 19.8 Å².